The highest BCUT2D eigenvalue weighted by atomic mass is 35.5. The van der Waals surface area contributed by atoms with E-state index < -0.39 is 0 Å². The number of nitrogens with zero attached hydrogens (tertiary/aromatic N) is 1. The maximum Gasteiger partial charge on any atom is 0.290 e. The number of aryl methyl sites for hydroxylation is 1. The number of carbonyl (C=O) groups excluding carboxylic acids is 1. The highest BCUT2D eigenvalue weighted by Gasteiger charge is 2.36. The Balaban J connectivity index is 0.00000128. The molecule has 45 heavy (non-hydrogen) atoms. The average molecular weight is 676 g/mol. The van der Waals surface area contributed by atoms with Gasteiger partial charge in [0.25, 0.3) is 12.4 Å². The van der Waals surface area contributed by atoms with Crippen molar-refractivity contribution in [3.8, 4) is 23.0 Å². The Morgan fingerprint density at radius 1 is 1.00 bits per heavy atom. The number of carboxylic acid groups (broad SMARTS) is 1. The van der Waals surface area contributed by atoms with E-state index in [0.29, 0.717) is 64.4 Å². The number of ether oxygens (including phenoxy) is 4. The van der Waals surface area contributed by atoms with Gasteiger partial charge >= 0.3 is 0 Å². The van der Waals surface area contributed by atoms with Crippen LogP contribution in [0.1, 0.15) is 36.0 Å². The third-order valence-electron chi connectivity index (χ3n) is 7.55. The molecule has 2 aliphatic heterocycles. The highest BCUT2D eigenvalue weighted by Crippen LogP contribution is 2.39. The first-order valence-corrected chi connectivity index (χ1v) is 15.6. The number of carbonyl (C=O) groups is 2. The van der Waals surface area contributed by atoms with Crippen LogP contribution >= 0.6 is 34.8 Å². The molecule has 3 aliphatic rings. The second-order valence-corrected chi connectivity index (χ2v) is 12.0. The summed E-state index contributed by atoms with van der Waals surface area (Å²) < 4.78 is 22.6. The maximum atomic E-state index is 14.0. The first kappa shape index (κ1) is 32.8. The van der Waals surface area contributed by atoms with Crippen molar-refractivity contribution in [2.45, 2.75) is 38.8 Å². The quantitative estimate of drug-likeness (QED) is 0.179. The van der Waals surface area contributed by atoms with Crippen LogP contribution in [0.25, 0.3) is 5.57 Å². The molecule has 0 unspecified atom stereocenters. The molecule has 3 aromatic rings. The van der Waals surface area contributed by atoms with Gasteiger partial charge in [-0.05, 0) is 85.3 Å². The molecule has 0 aromatic heterocycles. The van der Waals surface area contributed by atoms with Gasteiger partial charge in [0, 0.05) is 35.8 Å². The molecule has 1 aliphatic carbocycles. The summed E-state index contributed by atoms with van der Waals surface area (Å²) in [7, 11) is 0. The lowest BCUT2D eigenvalue weighted by Gasteiger charge is -2.28. The molecule has 0 radical (unpaired) electrons. The van der Waals surface area contributed by atoms with Gasteiger partial charge in [0.15, 0.2) is 17.2 Å². The Morgan fingerprint density at radius 2 is 1.64 bits per heavy atom. The molecule has 0 bridgehead atoms. The van der Waals surface area contributed by atoms with E-state index in [1.165, 1.54) is 0 Å². The number of rotatable bonds is 10. The van der Waals surface area contributed by atoms with Gasteiger partial charge in [0.1, 0.15) is 19.0 Å². The van der Waals surface area contributed by atoms with Crippen molar-refractivity contribution in [1.82, 2.24) is 10.2 Å². The van der Waals surface area contributed by atoms with E-state index >= 15 is 0 Å². The topological polar surface area (TPSA) is 107 Å². The lowest BCUT2D eigenvalue weighted by Crippen LogP contribution is -2.39. The molecular weight excluding hydrogens is 643 g/mol. The van der Waals surface area contributed by atoms with E-state index in [4.69, 9.17) is 63.7 Å². The summed E-state index contributed by atoms with van der Waals surface area (Å²) in [5.41, 5.74) is 4.68. The van der Waals surface area contributed by atoms with Gasteiger partial charge in [0.2, 0.25) is 6.79 Å². The zero-order chi connectivity index (χ0) is 31.9. The predicted octanol–water partition coefficient (Wildman–Crippen LogP) is 6.78. The molecule has 1 saturated carbocycles. The van der Waals surface area contributed by atoms with Crippen LogP contribution < -0.4 is 24.3 Å². The molecule has 1 amide bonds. The molecule has 0 atom stereocenters. The standard InChI is InChI=1S/C32H31Cl3N2O5.CH2O2/c1-19-12-27(34)31(28(35)13-19)40-11-10-39-23-6-2-20(3-7-23)24-8-9-36-16-25(24)32(38)37(22-4-5-22)17-21-14-29-30(15-26(21)33)42-18-41-29;2-1-3/h2-3,6-7,12-15,22,36H,4-5,8-11,16-18H2,1H3;1H,(H,2,3). The van der Waals surface area contributed by atoms with Crippen LogP contribution in [0.15, 0.2) is 54.1 Å². The number of nitrogens with one attached hydrogen (secondary N) is 1. The van der Waals surface area contributed by atoms with Crippen LogP contribution in [-0.2, 0) is 16.1 Å². The largest absolute Gasteiger partial charge is 0.490 e. The number of amides is 1. The number of halogens is 3. The van der Waals surface area contributed by atoms with Gasteiger partial charge in [-0.25, -0.2) is 0 Å². The van der Waals surface area contributed by atoms with E-state index in [1.54, 1.807) is 6.07 Å². The molecule has 238 valence electrons. The van der Waals surface area contributed by atoms with Crippen LogP contribution in [0.5, 0.6) is 23.0 Å². The summed E-state index contributed by atoms with van der Waals surface area (Å²) in [6.45, 7) is 4.22. The van der Waals surface area contributed by atoms with E-state index in [9.17, 15) is 4.79 Å². The predicted molar refractivity (Wildman–Crippen MR) is 173 cm³/mol. The summed E-state index contributed by atoms with van der Waals surface area (Å²) in [6.07, 6.45) is 2.74. The van der Waals surface area contributed by atoms with Crippen molar-refractivity contribution < 1.29 is 33.6 Å². The third-order valence-corrected chi connectivity index (χ3v) is 8.46. The maximum absolute atomic E-state index is 14.0. The minimum Gasteiger partial charge on any atom is -0.490 e. The van der Waals surface area contributed by atoms with Gasteiger partial charge < -0.3 is 34.3 Å². The molecule has 12 heteroatoms. The Bertz CT molecular complexity index is 1550. The lowest BCUT2D eigenvalue weighted by molar-refractivity contribution is -0.128. The molecule has 6 rings (SSSR count). The van der Waals surface area contributed by atoms with Crippen LogP contribution in [0.2, 0.25) is 15.1 Å². The van der Waals surface area contributed by atoms with Crippen LogP contribution in [0, 0.1) is 6.92 Å². The third kappa shape index (κ3) is 8.16. The van der Waals surface area contributed by atoms with E-state index in [2.05, 4.69) is 5.32 Å². The SMILES string of the molecule is Cc1cc(Cl)c(OCCOc2ccc(C3=C(C(=O)N(Cc4cc5c(cc4Cl)OCO5)C4CC4)CNCC3)cc2)c(Cl)c1.O=CO. The molecule has 9 nitrogen and oxygen atoms in total. The first-order valence-electron chi connectivity index (χ1n) is 14.5. The fourth-order valence-electron chi connectivity index (χ4n) is 5.28. The van der Waals surface area contributed by atoms with E-state index in [-0.39, 0.29) is 25.2 Å². The molecular formula is C33H33Cl3N2O7. The monoisotopic (exact) mass is 674 g/mol. The summed E-state index contributed by atoms with van der Waals surface area (Å²) in [4.78, 5) is 24.3. The zero-order valence-corrected chi connectivity index (χ0v) is 26.9. The van der Waals surface area contributed by atoms with Gasteiger partial charge in [-0.3, -0.25) is 9.59 Å². The Morgan fingerprint density at radius 3 is 2.31 bits per heavy atom. The Hall–Kier alpha value is -3.63. The normalized spacial score (nSPS) is 15.2. The van der Waals surface area contributed by atoms with E-state index in [1.807, 2.05) is 54.3 Å². The second kappa shape index (κ2) is 15.1. The van der Waals surface area contributed by atoms with Crippen molar-refractivity contribution in [1.29, 1.82) is 0 Å². The van der Waals surface area contributed by atoms with Crippen LogP contribution in [0.4, 0.5) is 0 Å². The van der Waals surface area contributed by atoms with Gasteiger partial charge in [-0.15, -0.1) is 0 Å². The molecule has 1 fully saturated rings. The fourth-order valence-corrected chi connectivity index (χ4v) is 6.20. The molecule has 0 spiro atoms. The summed E-state index contributed by atoms with van der Waals surface area (Å²) in [6, 6.07) is 15.3. The van der Waals surface area contributed by atoms with Crippen molar-refractivity contribution in [3.63, 3.8) is 0 Å². The minimum absolute atomic E-state index is 0.0411. The second-order valence-electron chi connectivity index (χ2n) is 10.7. The van der Waals surface area contributed by atoms with Crippen molar-refractivity contribution >= 4 is 52.8 Å². The number of hydrogen-bond acceptors (Lipinski definition) is 7. The van der Waals surface area contributed by atoms with Gasteiger partial charge in [-0.1, -0.05) is 46.9 Å². The van der Waals surface area contributed by atoms with Gasteiger partial charge in [0.05, 0.1) is 10.0 Å². The van der Waals surface area contributed by atoms with E-state index in [0.717, 1.165) is 53.6 Å². The Kier molecular flexibility index (Phi) is 11.0. The fraction of sp³-hybridized carbons (Fsp3) is 0.333. The number of benzene rings is 3. The van der Waals surface area contributed by atoms with Gasteiger partial charge in [-0.2, -0.15) is 0 Å². The molecule has 2 N–H and O–H groups in total. The summed E-state index contributed by atoms with van der Waals surface area (Å²) in [5.74, 6) is 2.50. The lowest BCUT2D eigenvalue weighted by atomic mass is 9.93. The summed E-state index contributed by atoms with van der Waals surface area (Å²) in [5, 5.41) is 11.8. The minimum atomic E-state index is -0.250. The van der Waals surface area contributed by atoms with Crippen LogP contribution in [-0.4, -0.2) is 61.5 Å². The average Bonchev–Trinajstić information content (AvgIpc) is 3.77. The number of hydrogen-bond donors (Lipinski definition) is 2. The highest BCUT2D eigenvalue weighted by molar-refractivity contribution is 6.37. The smallest absolute Gasteiger partial charge is 0.290 e. The first-order chi connectivity index (χ1) is 21.8. The van der Waals surface area contributed by atoms with Crippen molar-refractivity contribution in [2.75, 3.05) is 33.1 Å². The summed E-state index contributed by atoms with van der Waals surface area (Å²) >= 11 is 19.1. The van der Waals surface area contributed by atoms with Crippen molar-refractivity contribution in [3.05, 3.63) is 85.9 Å². The number of fused-ring (bicyclic) bond motifs is 1. The molecule has 0 saturated heterocycles. The van der Waals surface area contributed by atoms with Crippen molar-refractivity contribution in [2.24, 2.45) is 0 Å². The van der Waals surface area contributed by atoms with Crippen LogP contribution in [0.3, 0.4) is 0 Å². The Labute approximate surface area is 276 Å². The molecule has 2 heterocycles. The molecule has 3 aromatic carbocycles. The zero-order valence-electron chi connectivity index (χ0n) is 24.6.